The third-order valence-electron chi connectivity index (χ3n) is 5.54. The minimum atomic E-state index is -1.05. The van der Waals surface area contributed by atoms with E-state index in [1.807, 2.05) is 6.07 Å². The van der Waals surface area contributed by atoms with Crippen molar-refractivity contribution >= 4 is 41.2 Å². The minimum absolute atomic E-state index is 0.117. The van der Waals surface area contributed by atoms with Crippen molar-refractivity contribution in [1.29, 1.82) is 5.53 Å². The molecular weight excluding hydrogens is 460 g/mol. The van der Waals surface area contributed by atoms with Crippen molar-refractivity contribution in [2.75, 3.05) is 5.32 Å². The fourth-order valence-electron chi connectivity index (χ4n) is 3.99. The Kier molecular flexibility index (Phi) is 6.62. The Morgan fingerprint density at radius 3 is 2.65 bits per heavy atom. The lowest BCUT2D eigenvalue weighted by atomic mass is 10.0. The predicted molar refractivity (Wildman–Crippen MR) is 126 cm³/mol. The van der Waals surface area contributed by atoms with E-state index < -0.39 is 12.0 Å². The van der Waals surface area contributed by atoms with E-state index in [-0.39, 0.29) is 17.0 Å². The van der Waals surface area contributed by atoms with Crippen LogP contribution in [0.3, 0.4) is 0 Å². The van der Waals surface area contributed by atoms with Crippen molar-refractivity contribution in [2.45, 2.75) is 18.9 Å². The van der Waals surface area contributed by atoms with Crippen molar-refractivity contribution < 1.29 is 20.0 Å². The smallest absolute Gasteiger partial charge is 0.335 e. The van der Waals surface area contributed by atoms with Gasteiger partial charge in [0.1, 0.15) is 11.7 Å². The van der Waals surface area contributed by atoms with Crippen molar-refractivity contribution in [3.8, 4) is 11.1 Å². The van der Waals surface area contributed by atoms with Crippen LogP contribution in [0.1, 0.15) is 28.5 Å². The van der Waals surface area contributed by atoms with E-state index in [0.29, 0.717) is 29.1 Å². The van der Waals surface area contributed by atoms with E-state index in [4.69, 9.17) is 22.2 Å². The van der Waals surface area contributed by atoms with E-state index in [0.717, 1.165) is 16.9 Å². The molecule has 34 heavy (non-hydrogen) atoms. The molecule has 10 nitrogen and oxygen atoms in total. The van der Waals surface area contributed by atoms with Crippen LogP contribution in [0.4, 0.5) is 11.4 Å². The maximum Gasteiger partial charge on any atom is 0.335 e. The van der Waals surface area contributed by atoms with Crippen LogP contribution < -0.4 is 16.2 Å². The highest BCUT2D eigenvalue weighted by Gasteiger charge is 2.30. The van der Waals surface area contributed by atoms with E-state index in [9.17, 15) is 14.4 Å². The molecule has 0 radical (unpaired) electrons. The highest BCUT2D eigenvalue weighted by molar-refractivity contribution is 6.31. The first-order valence-electron chi connectivity index (χ1n) is 10.3. The molecule has 1 aliphatic heterocycles. The molecule has 0 saturated heterocycles. The summed E-state index contributed by atoms with van der Waals surface area (Å²) in [4.78, 5) is 37.0. The quantitative estimate of drug-likeness (QED) is 0.135. The molecule has 2 heterocycles. The molecule has 11 heteroatoms. The number of aromatic nitrogens is 1. The standard InChI is InChI=1S/C23H19ClN6O4/c24-15-3-7-19(26-12-27-29-25)18(11-15)14-9-17-6-8-20(30(17)21(31)10-14)22(32)28-16-4-1-13(2-5-16)23(33)34/h1-5,7,9-12,20H,6,8H2,(H,28,32)(H,33,34)(H2,25,26,27)/p+1/t20-/m0/s1. The fraction of sp³-hybridized carbons (Fsp3) is 0.130. The zero-order chi connectivity index (χ0) is 24.2. The summed E-state index contributed by atoms with van der Waals surface area (Å²) in [6.45, 7) is 0. The number of pyridine rings is 1. The van der Waals surface area contributed by atoms with Gasteiger partial charge in [-0.25, -0.2) is 4.79 Å². The van der Waals surface area contributed by atoms with Gasteiger partial charge in [0.05, 0.1) is 5.56 Å². The number of carboxylic acid groups (broad SMARTS) is 1. The molecule has 1 atom stereocenters. The topological polar surface area (TPSA) is 154 Å². The first-order valence-corrected chi connectivity index (χ1v) is 10.7. The van der Waals surface area contributed by atoms with Crippen molar-refractivity contribution in [2.24, 2.45) is 10.3 Å². The SMILES string of the molecule is N=N/N=C\[NH2+]c1ccc(Cl)cc1-c1cc2n(c(=O)c1)[C@H](C(=O)Nc1ccc(C(=O)O)cc1)CC2. The number of quaternary nitrogens is 1. The average molecular weight is 480 g/mol. The zero-order valence-corrected chi connectivity index (χ0v) is 18.5. The molecule has 0 fully saturated rings. The van der Waals surface area contributed by atoms with E-state index in [1.54, 1.807) is 23.5 Å². The summed E-state index contributed by atoms with van der Waals surface area (Å²) >= 11 is 6.19. The number of hydrogen-bond donors (Lipinski definition) is 4. The summed E-state index contributed by atoms with van der Waals surface area (Å²) in [5.41, 5.74) is 9.88. The van der Waals surface area contributed by atoms with Crippen molar-refractivity contribution in [3.63, 3.8) is 0 Å². The van der Waals surface area contributed by atoms with Gasteiger partial charge in [-0.2, -0.15) is 5.53 Å². The van der Waals surface area contributed by atoms with Gasteiger partial charge in [0.2, 0.25) is 12.2 Å². The van der Waals surface area contributed by atoms with Crippen LogP contribution in [0.5, 0.6) is 0 Å². The summed E-state index contributed by atoms with van der Waals surface area (Å²) in [5.74, 6) is -1.40. The van der Waals surface area contributed by atoms with Crippen LogP contribution in [0.2, 0.25) is 5.02 Å². The summed E-state index contributed by atoms with van der Waals surface area (Å²) in [7, 11) is 0. The Morgan fingerprint density at radius 2 is 1.94 bits per heavy atom. The first kappa shape index (κ1) is 23.0. The Balaban J connectivity index is 1.61. The number of amides is 1. The summed E-state index contributed by atoms with van der Waals surface area (Å²) in [6.07, 6.45) is 2.38. The molecule has 0 aliphatic carbocycles. The van der Waals surface area contributed by atoms with Gasteiger partial charge in [0, 0.05) is 34.1 Å². The van der Waals surface area contributed by atoms with Crippen LogP contribution in [-0.4, -0.2) is 27.9 Å². The van der Waals surface area contributed by atoms with E-state index in [1.165, 1.54) is 41.2 Å². The van der Waals surface area contributed by atoms with Gasteiger partial charge in [-0.1, -0.05) is 16.7 Å². The summed E-state index contributed by atoms with van der Waals surface area (Å²) in [6, 6.07) is 13.7. The Morgan fingerprint density at radius 1 is 1.18 bits per heavy atom. The molecular formula is C23H20ClN6O4+. The normalized spacial score (nSPS) is 14.7. The number of anilines is 1. The molecule has 0 bridgehead atoms. The average Bonchev–Trinajstić information content (AvgIpc) is 3.25. The molecule has 1 amide bonds. The number of nitrogens with zero attached hydrogens (tertiary/aromatic N) is 3. The predicted octanol–water partition coefficient (Wildman–Crippen LogP) is 3.16. The lowest BCUT2D eigenvalue weighted by molar-refractivity contribution is -0.432. The second-order valence-corrected chi connectivity index (χ2v) is 8.07. The van der Waals surface area contributed by atoms with Crippen LogP contribution in [0, 0.1) is 5.53 Å². The van der Waals surface area contributed by atoms with Gasteiger partial charge < -0.3 is 15.0 Å². The maximum absolute atomic E-state index is 13.1. The second-order valence-electron chi connectivity index (χ2n) is 7.63. The molecule has 0 saturated carbocycles. The van der Waals surface area contributed by atoms with Gasteiger partial charge in [-0.3, -0.25) is 14.9 Å². The van der Waals surface area contributed by atoms with E-state index >= 15 is 0 Å². The number of carbonyl (C=O) groups excluding carboxylic acids is 1. The molecule has 4 rings (SSSR count). The van der Waals surface area contributed by atoms with E-state index in [2.05, 4.69) is 15.6 Å². The number of benzene rings is 2. The lowest BCUT2D eigenvalue weighted by Gasteiger charge is -2.16. The number of carbonyl (C=O) groups is 2. The second kappa shape index (κ2) is 9.77. The van der Waals surface area contributed by atoms with Gasteiger partial charge in [-0.15, -0.1) is 0 Å². The summed E-state index contributed by atoms with van der Waals surface area (Å²) < 4.78 is 1.48. The highest BCUT2D eigenvalue weighted by atomic mass is 35.5. The maximum atomic E-state index is 13.1. The van der Waals surface area contributed by atoms with Crippen molar-refractivity contribution in [3.05, 3.63) is 81.2 Å². The Labute approximate surface area is 198 Å². The van der Waals surface area contributed by atoms with Crippen LogP contribution in [0.25, 0.3) is 11.1 Å². The zero-order valence-electron chi connectivity index (χ0n) is 17.7. The fourth-order valence-corrected chi connectivity index (χ4v) is 4.16. The molecule has 172 valence electrons. The van der Waals surface area contributed by atoms with Gasteiger partial charge >= 0.3 is 5.97 Å². The lowest BCUT2D eigenvalue weighted by Crippen LogP contribution is -2.76. The molecule has 0 spiro atoms. The van der Waals surface area contributed by atoms with Gasteiger partial charge in [-0.05, 0) is 66.1 Å². The molecule has 1 aromatic heterocycles. The van der Waals surface area contributed by atoms with Gasteiger partial charge in [0.15, 0.2) is 0 Å². The molecule has 1 aliphatic rings. The molecule has 3 aromatic rings. The molecule has 5 N–H and O–H groups in total. The molecule has 2 aromatic carbocycles. The van der Waals surface area contributed by atoms with Crippen LogP contribution in [0.15, 0.2) is 69.7 Å². The summed E-state index contributed by atoms with van der Waals surface area (Å²) in [5, 5.41) is 20.4. The third-order valence-corrected chi connectivity index (χ3v) is 5.78. The number of halogens is 1. The Bertz CT molecular complexity index is 1370. The number of hydrogen-bond acceptors (Lipinski definition) is 5. The largest absolute Gasteiger partial charge is 0.478 e. The van der Waals surface area contributed by atoms with Crippen LogP contribution >= 0.6 is 11.6 Å². The first-order chi connectivity index (χ1) is 16.4. The number of nitrogens with one attached hydrogen (secondary N) is 2. The molecule has 0 unspecified atom stereocenters. The third kappa shape index (κ3) is 4.77. The number of aromatic carboxylic acids is 1. The number of carboxylic acids is 1. The number of rotatable bonds is 7. The van der Waals surface area contributed by atoms with Crippen LogP contribution in [-0.2, 0) is 11.2 Å². The number of aryl methyl sites for hydroxylation is 1. The number of nitrogens with two attached hydrogens (primary N) is 1. The number of fused-ring (bicyclic) bond motifs is 1. The van der Waals surface area contributed by atoms with Crippen molar-refractivity contribution in [1.82, 2.24) is 4.57 Å². The monoisotopic (exact) mass is 479 g/mol. The highest BCUT2D eigenvalue weighted by Crippen LogP contribution is 2.32. The Hall–Kier alpha value is -4.15. The van der Waals surface area contributed by atoms with Gasteiger partial charge in [0.25, 0.3) is 5.56 Å². The minimum Gasteiger partial charge on any atom is -0.478 e.